The lowest BCUT2D eigenvalue weighted by Gasteiger charge is -2.24. The highest BCUT2D eigenvalue weighted by Gasteiger charge is 2.32. The van der Waals surface area contributed by atoms with E-state index in [0.717, 1.165) is 18.6 Å². The smallest absolute Gasteiger partial charge is 0.372 e. The Kier molecular flexibility index (Phi) is 4.97. The number of nitrogens with zero attached hydrogens (tertiary/aromatic N) is 1. The van der Waals surface area contributed by atoms with Crippen LogP contribution in [0.25, 0.3) is 0 Å². The Morgan fingerprint density at radius 2 is 1.84 bits per heavy atom. The van der Waals surface area contributed by atoms with Gasteiger partial charge in [-0.3, -0.25) is 4.79 Å². The van der Waals surface area contributed by atoms with E-state index in [9.17, 15) is 18.0 Å². The molecular weight excluding hydrogens is 255 g/mol. The lowest BCUT2D eigenvalue weighted by molar-refractivity contribution is -0.137. The maximum absolute atomic E-state index is 12.8. The van der Waals surface area contributed by atoms with Gasteiger partial charge < -0.3 is 4.90 Å². The van der Waals surface area contributed by atoms with Gasteiger partial charge in [-0.2, -0.15) is 13.2 Å². The van der Waals surface area contributed by atoms with Crippen LogP contribution >= 0.6 is 0 Å². The van der Waals surface area contributed by atoms with E-state index in [0.29, 0.717) is 18.8 Å². The summed E-state index contributed by atoms with van der Waals surface area (Å²) in [6.45, 7) is 6.38. The van der Waals surface area contributed by atoms with Crippen LogP contribution in [0.2, 0.25) is 0 Å². The molecule has 0 heterocycles. The van der Waals surface area contributed by atoms with Crippen LogP contribution < -0.4 is 4.90 Å². The molecule has 0 N–H and O–H groups in total. The lowest BCUT2D eigenvalue weighted by atomic mass is 10.1. The fourth-order valence-electron chi connectivity index (χ4n) is 1.90. The number of carbonyl (C=O) groups is 1. The van der Waals surface area contributed by atoms with Crippen molar-refractivity contribution in [2.45, 2.75) is 33.4 Å². The normalized spacial score (nSPS) is 11.5. The molecule has 0 saturated carbocycles. The van der Waals surface area contributed by atoms with Crippen LogP contribution in [0.4, 0.5) is 18.9 Å². The monoisotopic (exact) mass is 273 g/mol. The van der Waals surface area contributed by atoms with Gasteiger partial charge in [0, 0.05) is 24.3 Å². The number of alkyl halides is 3. The molecule has 0 amide bonds. The molecule has 0 radical (unpaired) electrons. The van der Waals surface area contributed by atoms with Gasteiger partial charge in [-0.15, -0.1) is 0 Å². The van der Waals surface area contributed by atoms with Crippen molar-refractivity contribution in [3.63, 3.8) is 0 Å². The maximum atomic E-state index is 12.8. The molecule has 1 aromatic carbocycles. The third-order valence-corrected chi connectivity index (χ3v) is 2.89. The molecule has 0 aliphatic rings. The standard InChI is InChI=1S/C14H18F3NO/c1-4-6-18(5-2)13-8-11(10(3)19)7-12(9-13)14(15,16)17/h7-9H,4-6H2,1-3H3. The fourth-order valence-corrected chi connectivity index (χ4v) is 1.90. The van der Waals surface area contributed by atoms with E-state index in [-0.39, 0.29) is 11.3 Å². The van der Waals surface area contributed by atoms with Crippen molar-refractivity contribution < 1.29 is 18.0 Å². The van der Waals surface area contributed by atoms with Gasteiger partial charge in [0.15, 0.2) is 5.78 Å². The summed E-state index contributed by atoms with van der Waals surface area (Å²) in [7, 11) is 0. The van der Waals surface area contributed by atoms with Crippen molar-refractivity contribution in [1.29, 1.82) is 0 Å². The number of Topliss-reactive ketones (excluding diaryl/α,β-unsaturated/α-hetero) is 1. The minimum atomic E-state index is -4.44. The van der Waals surface area contributed by atoms with Crippen LogP contribution in [0.3, 0.4) is 0 Å². The zero-order chi connectivity index (χ0) is 14.6. The van der Waals surface area contributed by atoms with Crippen molar-refractivity contribution in [2.75, 3.05) is 18.0 Å². The summed E-state index contributed by atoms with van der Waals surface area (Å²) in [5.41, 5.74) is -0.228. The van der Waals surface area contributed by atoms with Crippen LogP contribution in [0.15, 0.2) is 18.2 Å². The third kappa shape index (κ3) is 3.98. The van der Waals surface area contributed by atoms with Crippen molar-refractivity contribution in [2.24, 2.45) is 0 Å². The predicted molar refractivity (Wildman–Crippen MR) is 69.6 cm³/mol. The Balaban J connectivity index is 3.31. The first-order valence-corrected chi connectivity index (χ1v) is 6.27. The largest absolute Gasteiger partial charge is 0.416 e. The zero-order valence-corrected chi connectivity index (χ0v) is 11.3. The van der Waals surface area contributed by atoms with E-state index < -0.39 is 11.7 Å². The van der Waals surface area contributed by atoms with E-state index in [1.807, 2.05) is 18.7 Å². The summed E-state index contributed by atoms with van der Waals surface area (Å²) in [6.07, 6.45) is -3.61. The van der Waals surface area contributed by atoms with E-state index in [1.54, 1.807) is 0 Å². The quantitative estimate of drug-likeness (QED) is 0.751. The summed E-state index contributed by atoms with van der Waals surface area (Å²) < 4.78 is 38.5. The van der Waals surface area contributed by atoms with E-state index in [2.05, 4.69) is 0 Å². The van der Waals surface area contributed by atoms with Gasteiger partial charge in [-0.1, -0.05) is 6.92 Å². The zero-order valence-electron chi connectivity index (χ0n) is 11.3. The van der Waals surface area contributed by atoms with Gasteiger partial charge in [0.1, 0.15) is 0 Å². The minimum absolute atomic E-state index is 0.0966. The second-order valence-corrected chi connectivity index (χ2v) is 4.40. The van der Waals surface area contributed by atoms with Crippen LogP contribution in [0.1, 0.15) is 43.1 Å². The topological polar surface area (TPSA) is 20.3 Å². The van der Waals surface area contributed by atoms with Gasteiger partial charge in [-0.05, 0) is 38.5 Å². The van der Waals surface area contributed by atoms with Crippen molar-refractivity contribution >= 4 is 11.5 Å². The molecule has 0 aromatic heterocycles. The molecule has 0 spiro atoms. The summed E-state index contributed by atoms with van der Waals surface area (Å²) in [5.74, 6) is -0.361. The highest BCUT2D eigenvalue weighted by Crippen LogP contribution is 2.33. The molecule has 1 aromatic rings. The van der Waals surface area contributed by atoms with Crippen molar-refractivity contribution in [3.05, 3.63) is 29.3 Å². The number of rotatable bonds is 5. The Morgan fingerprint density at radius 3 is 2.26 bits per heavy atom. The summed E-state index contributed by atoms with van der Waals surface area (Å²) in [5, 5.41) is 0. The molecule has 2 nitrogen and oxygen atoms in total. The van der Waals surface area contributed by atoms with E-state index in [1.165, 1.54) is 13.0 Å². The van der Waals surface area contributed by atoms with Gasteiger partial charge in [-0.25, -0.2) is 0 Å². The number of anilines is 1. The van der Waals surface area contributed by atoms with E-state index >= 15 is 0 Å². The first-order chi connectivity index (χ1) is 8.79. The van der Waals surface area contributed by atoms with Crippen molar-refractivity contribution in [3.8, 4) is 0 Å². The molecule has 0 aliphatic heterocycles. The van der Waals surface area contributed by atoms with Crippen LogP contribution in [0.5, 0.6) is 0 Å². The molecule has 0 aliphatic carbocycles. The first-order valence-electron chi connectivity index (χ1n) is 6.27. The molecule has 1 rings (SSSR count). The van der Waals surface area contributed by atoms with E-state index in [4.69, 9.17) is 0 Å². The number of benzene rings is 1. The first kappa shape index (κ1) is 15.5. The molecular formula is C14H18F3NO. The maximum Gasteiger partial charge on any atom is 0.416 e. The molecule has 0 fully saturated rings. The molecule has 106 valence electrons. The Hall–Kier alpha value is -1.52. The van der Waals surface area contributed by atoms with Crippen LogP contribution in [-0.4, -0.2) is 18.9 Å². The van der Waals surface area contributed by atoms with Gasteiger partial charge in [0.05, 0.1) is 5.56 Å². The Labute approximate surface area is 111 Å². The minimum Gasteiger partial charge on any atom is -0.372 e. The highest BCUT2D eigenvalue weighted by molar-refractivity contribution is 5.95. The Morgan fingerprint density at radius 1 is 1.21 bits per heavy atom. The highest BCUT2D eigenvalue weighted by atomic mass is 19.4. The summed E-state index contributed by atoms with van der Waals surface area (Å²) in [4.78, 5) is 13.2. The molecule has 0 atom stereocenters. The number of carbonyl (C=O) groups excluding carboxylic acids is 1. The summed E-state index contributed by atoms with van der Waals surface area (Å²) >= 11 is 0. The lowest BCUT2D eigenvalue weighted by Crippen LogP contribution is -2.24. The molecule has 0 saturated heterocycles. The van der Waals surface area contributed by atoms with Gasteiger partial charge in [0.25, 0.3) is 0 Å². The van der Waals surface area contributed by atoms with Crippen molar-refractivity contribution in [1.82, 2.24) is 0 Å². The predicted octanol–water partition coefficient (Wildman–Crippen LogP) is 4.14. The fraction of sp³-hybridized carbons (Fsp3) is 0.500. The second kappa shape index (κ2) is 6.08. The average molecular weight is 273 g/mol. The Bertz CT molecular complexity index is 454. The third-order valence-electron chi connectivity index (χ3n) is 2.89. The number of halogens is 3. The van der Waals surface area contributed by atoms with Crippen LogP contribution in [0, 0.1) is 0 Å². The molecule has 5 heteroatoms. The SMILES string of the molecule is CCCN(CC)c1cc(C(C)=O)cc(C(F)(F)F)c1. The molecule has 19 heavy (non-hydrogen) atoms. The average Bonchev–Trinajstić information content (AvgIpc) is 2.34. The van der Waals surface area contributed by atoms with Gasteiger partial charge in [0.2, 0.25) is 0 Å². The number of ketones is 1. The summed E-state index contributed by atoms with van der Waals surface area (Å²) in [6, 6.07) is 3.54. The molecule has 0 bridgehead atoms. The number of hydrogen-bond acceptors (Lipinski definition) is 2. The number of hydrogen-bond donors (Lipinski definition) is 0. The molecule has 0 unspecified atom stereocenters. The second-order valence-electron chi connectivity index (χ2n) is 4.40. The van der Waals surface area contributed by atoms with Crippen LogP contribution in [-0.2, 0) is 6.18 Å². The van der Waals surface area contributed by atoms with Gasteiger partial charge >= 0.3 is 6.18 Å².